The molecule has 0 saturated carbocycles. The van der Waals surface area contributed by atoms with Gasteiger partial charge in [0.05, 0.1) is 0 Å². The number of rotatable bonds is 13. The summed E-state index contributed by atoms with van der Waals surface area (Å²) in [5.74, 6) is 1.49. The zero-order valence-corrected chi connectivity index (χ0v) is 20.5. The minimum Gasteiger partial charge on any atom is -0.491 e. The van der Waals surface area contributed by atoms with Gasteiger partial charge < -0.3 is 20.3 Å². The van der Waals surface area contributed by atoms with E-state index in [9.17, 15) is 5.11 Å². The molecule has 4 aromatic rings. The molecule has 0 spiro atoms. The topological polar surface area (TPSA) is 68.0 Å². The Kier molecular flexibility index (Phi) is 9.37. The summed E-state index contributed by atoms with van der Waals surface area (Å²) in [6.07, 6.45) is 0.264. The molecule has 1 atom stereocenters. The van der Waals surface area contributed by atoms with Crippen LogP contribution in [0.3, 0.4) is 0 Å². The molecule has 0 unspecified atom stereocenters. The van der Waals surface area contributed by atoms with E-state index in [-0.39, 0.29) is 6.61 Å². The summed E-state index contributed by atoms with van der Waals surface area (Å²) in [5, 5.41) is 10.7. The molecule has 0 aliphatic heterocycles. The summed E-state index contributed by atoms with van der Waals surface area (Å²) < 4.78 is 11.7. The van der Waals surface area contributed by atoms with Crippen LogP contribution in [0.2, 0.25) is 0 Å². The summed E-state index contributed by atoms with van der Waals surface area (Å²) in [6.45, 7) is 2.84. The number of aliphatic hydroxyl groups excluding tert-OH is 1. The Labute approximate surface area is 213 Å². The fraction of sp³-hybridized carbons (Fsp3) is 0.226. The average molecular weight is 483 g/mol. The van der Waals surface area contributed by atoms with Gasteiger partial charge >= 0.3 is 0 Å². The lowest BCUT2D eigenvalue weighted by atomic mass is 10.1. The normalized spacial score (nSPS) is 11.8. The molecule has 0 saturated heterocycles. The lowest BCUT2D eigenvalue weighted by Crippen LogP contribution is -2.36. The number of benzene rings is 4. The van der Waals surface area contributed by atoms with Gasteiger partial charge in [0.1, 0.15) is 30.8 Å². The van der Waals surface area contributed by atoms with Crippen LogP contribution in [0.1, 0.15) is 16.7 Å². The molecular formula is C31H34N2O3. The van der Waals surface area contributed by atoms with Crippen molar-refractivity contribution in [3.63, 3.8) is 0 Å². The van der Waals surface area contributed by atoms with Crippen LogP contribution in [0.4, 0.5) is 5.69 Å². The van der Waals surface area contributed by atoms with Crippen molar-refractivity contribution in [1.82, 2.24) is 4.90 Å². The van der Waals surface area contributed by atoms with Crippen molar-refractivity contribution in [2.45, 2.75) is 25.7 Å². The number of hydrogen-bond donors (Lipinski definition) is 2. The van der Waals surface area contributed by atoms with Gasteiger partial charge in [-0.15, -0.1) is 0 Å². The molecule has 0 heterocycles. The van der Waals surface area contributed by atoms with Crippen LogP contribution in [0.15, 0.2) is 109 Å². The second-order valence-corrected chi connectivity index (χ2v) is 8.92. The highest BCUT2D eigenvalue weighted by atomic mass is 16.5. The van der Waals surface area contributed by atoms with E-state index in [0.717, 1.165) is 36.5 Å². The number of hydrogen-bond acceptors (Lipinski definition) is 5. The molecule has 0 bridgehead atoms. The molecular weight excluding hydrogens is 448 g/mol. The summed E-state index contributed by atoms with van der Waals surface area (Å²) in [6, 6.07) is 35.9. The van der Waals surface area contributed by atoms with E-state index >= 15 is 0 Å². The lowest BCUT2D eigenvalue weighted by molar-refractivity contribution is 0.0659. The number of anilines is 1. The molecule has 0 fully saturated rings. The Hall–Kier alpha value is -3.80. The van der Waals surface area contributed by atoms with Crippen LogP contribution in [0.25, 0.3) is 0 Å². The Morgan fingerprint density at radius 2 is 1.25 bits per heavy atom. The third-order valence-corrected chi connectivity index (χ3v) is 5.93. The quantitative estimate of drug-likeness (QED) is 0.252. The molecule has 5 nitrogen and oxygen atoms in total. The smallest absolute Gasteiger partial charge is 0.120 e. The van der Waals surface area contributed by atoms with Crippen molar-refractivity contribution in [2.24, 2.45) is 0 Å². The predicted octanol–water partition coefficient (Wildman–Crippen LogP) is 5.33. The van der Waals surface area contributed by atoms with Crippen LogP contribution < -0.4 is 15.2 Å². The van der Waals surface area contributed by atoms with Gasteiger partial charge in [0.2, 0.25) is 0 Å². The van der Waals surface area contributed by atoms with Crippen molar-refractivity contribution in [3.8, 4) is 11.5 Å². The number of nitrogens with zero attached hydrogens (tertiary/aromatic N) is 1. The average Bonchev–Trinajstić information content (AvgIpc) is 2.92. The second kappa shape index (κ2) is 13.3. The van der Waals surface area contributed by atoms with Crippen molar-refractivity contribution in [1.29, 1.82) is 0 Å². The molecule has 4 rings (SSSR count). The molecule has 0 radical (unpaired) electrons. The second-order valence-electron chi connectivity index (χ2n) is 8.92. The first-order valence-corrected chi connectivity index (χ1v) is 12.3. The number of ether oxygens (including phenoxy) is 2. The highest BCUT2D eigenvalue weighted by Gasteiger charge is 2.14. The number of aliphatic hydroxyl groups is 1. The summed E-state index contributed by atoms with van der Waals surface area (Å²) in [7, 11) is 0. The fourth-order valence-electron chi connectivity index (χ4n) is 3.96. The van der Waals surface area contributed by atoms with Crippen LogP contribution in [-0.2, 0) is 19.6 Å². The van der Waals surface area contributed by atoms with Gasteiger partial charge in [-0.1, -0.05) is 72.8 Å². The molecule has 5 heteroatoms. The van der Waals surface area contributed by atoms with Gasteiger partial charge in [0.15, 0.2) is 0 Å². The van der Waals surface area contributed by atoms with Crippen LogP contribution >= 0.6 is 0 Å². The van der Waals surface area contributed by atoms with Gasteiger partial charge in [-0.25, -0.2) is 0 Å². The van der Waals surface area contributed by atoms with Gasteiger partial charge in [-0.3, -0.25) is 4.90 Å². The van der Waals surface area contributed by atoms with Gasteiger partial charge in [-0.2, -0.15) is 0 Å². The molecule has 36 heavy (non-hydrogen) atoms. The van der Waals surface area contributed by atoms with Crippen molar-refractivity contribution < 1.29 is 14.6 Å². The van der Waals surface area contributed by atoms with E-state index in [1.165, 1.54) is 11.1 Å². The van der Waals surface area contributed by atoms with Crippen molar-refractivity contribution >= 4 is 5.69 Å². The van der Waals surface area contributed by atoms with E-state index in [4.69, 9.17) is 15.2 Å². The zero-order chi connectivity index (χ0) is 25.0. The first-order valence-electron chi connectivity index (χ1n) is 12.3. The Morgan fingerprint density at radius 1 is 0.667 bits per heavy atom. The van der Waals surface area contributed by atoms with E-state index in [2.05, 4.69) is 29.2 Å². The molecule has 4 aromatic carbocycles. The van der Waals surface area contributed by atoms with Gasteiger partial charge in [-0.05, 0) is 59.5 Å². The number of nitrogens with two attached hydrogens (primary N) is 1. The minimum absolute atomic E-state index is 0.220. The van der Waals surface area contributed by atoms with Gasteiger partial charge in [0.25, 0.3) is 0 Å². The highest BCUT2D eigenvalue weighted by Crippen LogP contribution is 2.19. The van der Waals surface area contributed by atoms with Crippen LogP contribution in [0.5, 0.6) is 11.5 Å². The maximum Gasteiger partial charge on any atom is 0.120 e. The summed E-state index contributed by atoms with van der Waals surface area (Å²) in [4.78, 5) is 2.26. The Morgan fingerprint density at radius 3 is 1.89 bits per heavy atom. The highest BCUT2D eigenvalue weighted by molar-refractivity contribution is 5.39. The standard InChI is InChI=1S/C31H34N2O3/c32-28-13-11-25(12-14-28)19-20-33(21-26-7-3-1-4-8-26)22-29(34)24-36-31-17-15-30(16-18-31)35-23-27-9-5-2-6-10-27/h1-18,29,34H,19-24,32H2/t29-/m0/s1. The largest absolute Gasteiger partial charge is 0.491 e. The molecule has 186 valence electrons. The zero-order valence-electron chi connectivity index (χ0n) is 20.5. The van der Waals surface area contributed by atoms with Crippen LogP contribution in [0, 0.1) is 0 Å². The lowest BCUT2D eigenvalue weighted by Gasteiger charge is -2.25. The van der Waals surface area contributed by atoms with Crippen molar-refractivity contribution in [3.05, 3.63) is 126 Å². The maximum atomic E-state index is 10.7. The van der Waals surface area contributed by atoms with Gasteiger partial charge in [0, 0.05) is 25.3 Å². The van der Waals surface area contributed by atoms with E-state index in [1.54, 1.807) is 0 Å². The first-order chi connectivity index (χ1) is 17.6. The molecule has 0 aliphatic rings. The fourth-order valence-corrected chi connectivity index (χ4v) is 3.96. The SMILES string of the molecule is Nc1ccc(CCN(Cc2ccccc2)C[C@H](O)COc2ccc(OCc3ccccc3)cc2)cc1. The third kappa shape index (κ3) is 8.45. The van der Waals surface area contributed by atoms with Crippen molar-refractivity contribution in [2.75, 3.05) is 25.4 Å². The van der Waals surface area contributed by atoms with E-state index < -0.39 is 6.10 Å². The monoisotopic (exact) mass is 482 g/mol. The summed E-state index contributed by atoms with van der Waals surface area (Å²) >= 11 is 0. The molecule has 0 amide bonds. The molecule has 0 aliphatic carbocycles. The van der Waals surface area contributed by atoms with E-state index in [0.29, 0.717) is 18.9 Å². The first kappa shape index (κ1) is 25.3. The number of nitrogen functional groups attached to an aromatic ring is 1. The molecule has 3 N–H and O–H groups in total. The summed E-state index contributed by atoms with van der Waals surface area (Å²) in [5.41, 5.74) is 10.1. The van der Waals surface area contributed by atoms with E-state index in [1.807, 2.05) is 84.9 Å². The maximum absolute atomic E-state index is 10.7. The minimum atomic E-state index is -0.617. The Balaban J connectivity index is 1.27. The predicted molar refractivity (Wildman–Crippen MR) is 145 cm³/mol. The van der Waals surface area contributed by atoms with Crippen LogP contribution in [-0.4, -0.2) is 35.8 Å². The Bertz CT molecular complexity index is 1150. The third-order valence-electron chi connectivity index (χ3n) is 5.93. The molecule has 0 aromatic heterocycles.